The molecular weight excluding hydrogens is 937 g/mol. The van der Waals surface area contributed by atoms with Crippen LogP contribution >= 0.6 is 0 Å². The lowest BCUT2D eigenvalue weighted by Gasteiger charge is -2.36. The monoisotopic (exact) mass is 1020 g/mol. The predicted molar refractivity (Wildman–Crippen MR) is 325 cm³/mol. The summed E-state index contributed by atoms with van der Waals surface area (Å²) in [4.78, 5) is 17.6. The lowest BCUT2D eigenvalue weighted by atomic mass is 9.70. The molecule has 10 rings (SSSR count). The molecule has 7 aromatic rings. The zero-order valence-corrected chi connectivity index (χ0v) is 46.9. The van der Waals surface area contributed by atoms with E-state index in [9.17, 15) is 9.90 Å². The molecule has 0 bridgehead atoms. The van der Waals surface area contributed by atoms with Crippen molar-refractivity contribution < 1.29 is 9.90 Å². The van der Waals surface area contributed by atoms with Gasteiger partial charge in [-0.25, -0.2) is 4.85 Å². The maximum Gasteiger partial charge on any atom is 0.333 e. The standard InChI is InChI=1S/C73H80N2O2/c1-8-14-40-71(41-15-9-2)63-26-22-20-24-57(63)60-37-33-54(48-66(60)71)75(55-34-38-61-58-25-21-23-27-64(58)72(42-16-10-3,43-17-11-4)67(61)49-55)56-35-39-62-59-36-32-53(52-30-28-51(29-31-52)46-69(74-7)70(76)77)47-65(59)73(44-18-12-5,45-19-13-6)68(62)50-56/h20-39,46-50H,8-19,40-45H2,1-6H3,(H,76,77). The van der Waals surface area contributed by atoms with Crippen molar-refractivity contribution in [2.45, 2.75) is 173 Å². The Labute approximate surface area is 461 Å². The number of aliphatic carboxylic acids is 1. The van der Waals surface area contributed by atoms with Crippen LogP contribution in [0.1, 0.15) is 196 Å². The molecule has 4 heteroatoms. The van der Waals surface area contributed by atoms with Gasteiger partial charge in [0, 0.05) is 33.3 Å². The average Bonchev–Trinajstić information content (AvgIpc) is 4.19. The molecule has 3 aliphatic rings. The normalized spacial score (nSPS) is 14.7. The summed E-state index contributed by atoms with van der Waals surface area (Å²) < 4.78 is 0. The summed E-state index contributed by atoms with van der Waals surface area (Å²) in [6, 6.07) is 56.4. The minimum absolute atomic E-state index is 0.0440. The number of nitrogens with zero attached hydrogens (tertiary/aromatic N) is 2. The fourth-order valence-electron chi connectivity index (χ4n) is 14.3. The third-order valence-corrected chi connectivity index (χ3v) is 18.3. The number of fused-ring (bicyclic) bond motifs is 9. The first-order valence-electron chi connectivity index (χ1n) is 29.7. The minimum atomic E-state index is -1.21. The number of hydrogen-bond acceptors (Lipinski definition) is 2. The maximum atomic E-state index is 11.7. The summed E-state index contributed by atoms with van der Waals surface area (Å²) in [5, 5.41) is 9.55. The Morgan fingerprint density at radius 2 is 0.753 bits per heavy atom. The van der Waals surface area contributed by atoms with Gasteiger partial charge in [-0.2, -0.15) is 0 Å². The Morgan fingerprint density at radius 3 is 1.12 bits per heavy atom. The summed E-state index contributed by atoms with van der Waals surface area (Å²) in [5.41, 5.74) is 23.2. The second-order valence-electron chi connectivity index (χ2n) is 22.8. The van der Waals surface area contributed by atoms with E-state index in [1.807, 2.05) is 12.1 Å². The largest absolute Gasteiger partial charge is 0.486 e. The average molecular weight is 1020 g/mol. The van der Waals surface area contributed by atoms with E-state index in [1.54, 1.807) is 0 Å². The molecule has 77 heavy (non-hydrogen) atoms. The number of hydrogen-bond donors (Lipinski definition) is 1. The van der Waals surface area contributed by atoms with Crippen LogP contribution in [0.4, 0.5) is 17.1 Å². The highest BCUT2D eigenvalue weighted by atomic mass is 16.4. The number of anilines is 3. The molecule has 0 amide bonds. The van der Waals surface area contributed by atoms with Gasteiger partial charge in [-0.3, -0.25) is 4.79 Å². The van der Waals surface area contributed by atoms with Crippen LogP contribution in [0.15, 0.2) is 151 Å². The van der Waals surface area contributed by atoms with Gasteiger partial charge in [-0.15, -0.1) is 0 Å². The van der Waals surface area contributed by atoms with Crippen molar-refractivity contribution in [2.24, 2.45) is 0 Å². The topological polar surface area (TPSA) is 44.9 Å². The molecule has 0 aliphatic heterocycles. The van der Waals surface area contributed by atoms with Gasteiger partial charge in [-0.1, -0.05) is 222 Å². The first-order valence-corrected chi connectivity index (χ1v) is 29.7. The van der Waals surface area contributed by atoms with E-state index in [4.69, 9.17) is 6.57 Å². The SMILES string of the molecule is [C-]#[N+]C(=Cc1ccc(-c2ccc3c(c2)C(CCCC)(CCCC)c2cc(N(c4ccc5c(c4)C(CCCC)(CCCC)c4ccccc4-5)c4ccc5c(c4)C(CCCC)(CCCC)c4ccccc4-5)ccc2-3)cc1)C(=O)O. The molecule has 0 saturated heterocycles. The molecule has 0 unspecified atom stereocenters. The Kier molecular flexibility index (Phi) is 15.9. The number of carbonyl (C=O) groups is 1. The van der Waals surface area contributed by atoms with E-state index in [0.29, 0.717) is 5.56 Å². The van der Waals surface area contributed by atoms with Crippen LogP contribution in [-0.4, -0.2) is 11.1 Å². The van der Waals surface area contributed by atoms with Gasteiger partial charge in [0.05, 0.1) is 6.57 Å². The quantitative estimate of drug-likeness (QED) is 0.0485. The van der Waals surface area contributed by atoms with Gasteiger partial charge < -0.3 is 10.0 Å². The van der Waals surface area contributed by atoms with Crippen LogP contribution in [0.25, 0.3) is 55.4 Å². The molecule has 4 nitrogen and oxygen atoms in total. The zero-order valence-electron chi connectivity index (χ0n) is 46.9. The number of benzene rings is 7. The van der Waals surface area contributed by atoms with Gasteiger partial charge in [0.25, 0.3) is 5.70 Å². The number of unbranched alkanes of at least 4 members (excludes halogenated alkanes) is 6. The second-order valence-corrected chi connectivity index (χ2v) is 22.8. The minimum Gasteiger partial charge on any atom is -0.486 e. The van der Waals surface area contributed by atoms with E-state index in [2.05, 4.69) is 185 Å². The lowest BCUT2D eigenvalue weighted by Crippen LogP contribution is -2.27. The molecule has 0 heterocycles. The van der Waals surface area contributed by atoms with Crippen LogP contribution in [0.3, 0.4) is 0 Å². The highest BCUT2D eigenvalue weighted by Gasteiger charge is 2.46. The predicted octanol–water partition coefficient (Wildman–Crippen LogP) is 21.1. The molecule has 0 saturated carbocycles. The van der Waals surface area contributed by atoms with Crippen molar-refractivity contribution in [1.29, 1.82) is 0 Å². The lowest BCUT2D eigenvalue weighted by molar-refractivity contribution is -0.132. The van der Waals surface area contributed by atoms with Gasteiger partial charge in [0.15, 0.2) is 0 Å². The van der Waals surface area contributed by atoms with Crippen molar-refractivity contribution in [3.63, 3.8) is 0 Å². The molecule has 394 valence electrons. The van der Waals surface area contributed by atoms with Gasteiger partial charge >= 0.3 is 5.97 Å². The Morgan fingerprint density at radius 1 is 0.429 bits per heavy atom. The Balaban J connectivity index is 1.19. The van der Waals surface area contributed by atoms with Gasteiger partial charge in [-0.05, 0) is 171 Å². The van der Waals surface area contributed by atoms with E-state index in [0.717, 1.165) is 75.3 Å². The molecule has 7 aromatic carbocycles. The summed E-state index contributed by atoms with van der Waals surface area (Å²) in [7, 11) is 0. The van der Waals surface area contributed by atoms with Crippen LogP contribution in [0.2, 0.25) is 0 Å². The van der Waals surface area contributed by atoms with Crippen molar-refractivity contribution in [3.8, 4) is 44.5 Å². The molecule has 1 N–H and O–H groups in total. The Bertz CT molecular complexity index is 3200. The number of carboxylic acid groups (broad SMARTS) is 1. The van der Waals surface area contributed by atoms with Crippen LogP contribution < -0.4 is 4.90 Å². The zero-order chi connectivity index (χ0) is 53.7. The molecular formula is C73H80N2O2. The highest BCUT2D eigenvalue weighted by molar-refractivity contribution is 5.95. The highest BCUT2D eigenvalue weighted by Crippen LogP contribution is 2.60. The van der Waals surface area contributed by atoms with Gasteiger partial charge in [0.1, 0.15) is 0 Å². The maximum absolute atomic E-state index is 11.7. The fraction of sp³-hybridized carbons (Fsp3) is 0.370. The van der Waals surface area contributed by atoms with Crippen molar-refractivity contribution >= 4 is 29.1 Å². The first-order chi connectivity index (χ1) is 37.6. The molecule has 3 aliphatic carbocycles. The van der Waals surface area contributed by atoms with E-state index in [-0.39, 0.29) is 21.9 Å². The molecule has 0 fully saturated rings. The number of rotatable bonds is 24. The van der Waals surface area contributed by atoms with Crippen LogP contribution in [-0.2, 0) is 21.0 Å². The number of carboxylic acids is 1. The Hall–Kier alpha value is -6.96. The third kappa shape index (κ3) is 9.47. The smallest absolute Gasteiger partial charge is 0.333 e. The van der Waals surface area contributed by atoms with E-state index >= 15 is 0 Å². The molecule has 0 atom stereocenters. The molecule has 0 radical (unpaired) electrons. The molecule has 0 spiro atoms. The first kappa shape index (κ1) is 53.4. The van der Waals surface area contributed by atoms with Gasteiger partial charge in [0.2, 0.25) is 0 Å². The van der Waals surface area contributed by atoms with Crippen molar-refractivity contribution in [2.75, 3.05) is 4.90 Å². The van der Waals surface area contributed by atoms with E-state index in [1.165, 1.54) is 141 Å². The summed E-state index contributed by atoms with van der Waals surface area (Å²) in [6.45, 7) is 21.4. The van der Waals surface area contributed by atoms with Crippen LogP contribution in [0.5, 0.6) is 0 Å². The van der Waals surface area contributed by atoms with E-state index < -0.39 is 5.97 Å². The van der Waals surface area contributed by atoms with Crippen molar-refractivity contribution in [1.82, 2.24) is 0 Å². The van der Waals surface area contributed by atoms with Crippen LogP contribution in [0, 0.1) is 6.57 Å². The van der Waals surface area contributed by atoms with Crippen molar-refractivity contribution in [3.05, 3.63) is 202 Å². The molecule has 0 aromatic heterocycles. The summed E-state index contributed by atoms with van der Waals surface area (Å²) in [5.74, 6) is -1.21. The second kappa shape index (κ2) is 22.9. The summed E-state index contributed by atoms with van der Waals surface area (Å²) >= 11 is 0. The summed E-state index contributed by atoms with van der Waals surface area (Å²) in [6.07, 6.45) is 22.1. The fourth-order valence-corrected chi connectivity index (χ4v) is 14.3. The third-order valence-electron chi connectivity index (χ3n) is 18.3.